The molecule has 0 radical (unpaired) electrons. The second kappa shape index (κ2) is 12.1. The summed E-state index contributed by atoms with van der Waals surface area (Å²) in [6.07, 6.45) is 0. The molecule has 0 aliphatic heterocycles. The quantitative estimate of drug-likeness (QED) is 0.166. The fraction of sp³-hybridized carbons (Fsp3) is 0.0566. The minimum Gasteiger partial charge on any atom is -0.455 e. The van der Waals surface area contributed by atoms with Crippen LogP contribution >= 0.6 is 0 Å². The highest BCUT2D eigenvalue weighted by atomic mass is 16.3. The average molecular weight is 704 g/mol. The van der Waals surface area contributed by atoms with E-state index in [1.165, 1.54) is 66.1 Å². The van der Waals surface area contributed by atoms with Gasteiger partial charge in [-0.3, -0.25) is 0 Å². The van der Waals surface area contributed by atoms with Crippen molar-refractivity contribution in [2.75, 3.05) is 4.90 Å². The third kappa shape index (κ3) is 4.95. The van der Waals surface area contributed by atoms with Gasteiger partial charge in [-0.25, -0.2) is 0 Å². The van der Waals surface area contributed by atoms with Gasteiger partial charge < -0.3 is 9.32 Å². The standard InChI is InChI=1S/C53H37NO/c1-53(2)48-14-8-6-12-44(48)45-31-28-42(33-49(45)53)54(40-24-18-35(19-25-40)34-10-4-3-5-11-34)41-26-20-36(21-27-41)38-23-29-43-39(32-38)17-16-37-22-30-47-46-13-7-9-15-50(46)55-52(47)51(37)43/h3-33H,1-2H3. The Labute approximate surface area is 320 Å². The molecule has 0 saturated carbocycles. The highest BCUT2D eigenvalue weighted by molar-refractivity contribution is 6.23. The molecular formula is C53H37NO. The molecule has 1 heterocycles. The van der Waals surface area contributed by atoms with Gasteiger partial charge in [-0.15, -0.1) is 0 Å². The molecule has 260 valence electrons. The first-order valence-corrected chi connectivity index (χ1v) is 19.1. The number of nitrogens with zero attached hydrogens (tertiary/aromatic N) is 1. The topological polar surface area (TPSA) is 16.4 Å². The van der Waals surface area contributed by atoms with Crippen LogP contribution in [0.5, 0.6) is 0 Å². The zero-order valence-electron chi connectivity index (χ0n) is 30.8. The SMILES string of the molecule is CC1(C)c2ccccc2-c2ccc(N(c3ccc(-c4ccccc4)cc3)c3ccc(-c4ccc5c(ccc6ccc7c8ccccc8oc7c65)c4)cc3)cc21. The molecule has 55 heavy (non-hydrogen) atoms. The molecule has 2 nitrogen and oxygen atoms in total. The van der Waals surface area contributed by atoms with Crippen LogP contribution in [0.4, 0.5) is 17.1 Å². The highest BCUT2D eigenvalue weighted by Crippen LogP contribution is 2.51. The van der Waals surface area contributed by atoms with E-state index in [1.807, 2.05) is 6.07 Å². The number of benzene rings is 9. The molecule has 0 bridgehead atoms. The summed E-state index contributed by atoms with van der Waals surface area (Å²) in [5.41, 5.74) is 15.4. The smallest absolute Gasteiger partial charge is 0.143 e. The van der Waals surface area contributed by atoms with Crippen molar-refractivity contribution in [3.05, 3.63) is 199 Å². The van der Waals surface area contributed by atoms with Gasteiger partial charge in [-0.05, 0) is 115 Å². The van der Waals surface area contributed by atoms with Crippen molar-refractivity contribution in [2.45, 2.75) is 19.3 Å². The number of hydrogen-bond donors (Lipinski definition) is 0. The molecule has 1 aliphatic rings. The minimum atomic E-state index is -0.0910. The maximum atomic E-state index is 6.47. The molecule has 1 aliphatic carbocycles. The summed E-state index contributed by atoms with van der Waals surface area (Å²) in [5.74, 6) is 0. The summed E-state index contributed by atoms with van der Waals surface area (Å²) < 4.78 is 6.47. The fourth-order valence-corrected chi connectivity index (χ4v) is 9.02. The van der Waals surface area contributed by atoms with E-state index in [0.29, 0.717) is 0 Å². The third-order valence-electron chi connectivity index (χ3n) is 11.9. The molecule has 0 spiro atoms. The Morgan fingerprint density at radius 3 is 1.78 bits per heavy atom. The van der Waals surface area contributed by atoms with Gasteiger partial charge in [-0.1, -0.05) is 147 Å². The molecule has 9 aromatic carbocycles. The lowest BCUT2D eigenvalue weighted by Gasteiger charge is -2.28. The van der Waals surface area contributed by atoms with E-state index in [1.54, 1.807) is 0 Å². The van der Waals surface area contributed by atoms with Crippen LogP contribution in [0, 0.1) is 0 Å². The van der Waals surface area contributed by atoms with Crippen molar-refractivity contribution >= 4 is 60.5 Å². The monoisotopic (exact) mass is 703 g/mol. The van der Waals surface area contributed by atoms with E-state index in [0.717, 1.165) is 39.0 Å². The summed E-state index contributed by atoms with van der Waals surface area (Å²) in [4.78, 5) is 2.39. The molecular weight excluding hydrogens is 667 g/mol. The van der Waals surface area contributed by atoms with Gasteiger partial charge in [0.15, 0.2) is 0 Å². The summed E-state index contributed by atoms with van der Waals surface area (Å²) in [6.45, 7) is 4.70. The Balaban J connectivity index is 1.00. The number of fused-ring (bicyclic) bond motifs is 10. The van der Waals surface area contributed by atoms with Crippen molar-refractivity contribution in [1.82, 2.24) is 0 Å². The zero-order chi connectivity index (χ0) is 36.7. The fourth-order valence-electron chi connectivity index (χ4n) is 9.02. The lowest BCUT2D eigenvalue weighted by atomic mass is 9.82. The van der Waals surface area contributed by atoms with Crippen LogP contribution in [0.25, 0.3) is 76.9 Å². The molecule has 2 heteroatoms. The van der Waals surface area contributed by atoms with Crippen LogP contribution in [0.1, 0.15) is 25.0 Å². The number of rotatable bonds is 5. The Morgan fingerprint density at radius 1 is 0.400 bits per heavy atom. The van der Waals surface area contributed by atoms with E-state index < -0.39 is 0 Å². The third-order valence-corrected chi connectivity index (χ3v) is 11.9. The number of para-hydroxylation sites is 1. The predicted octanol–water partition coefficient (Wildman–Crippen LogP) is 15.0. The molecule has 0 saturated heterocycles. The second-order valence-corrected chi connectivity index (χ2v) is 15.3. The molecule has 0 unspecified atom stereocenters. The molecule has 11 rings (SSSR count). The van der Waals surface area contributed by atoms with Crippen LogP contribution in [0.2, 0.25) is 0 Å². The minimum absolute atomic E-state index is 0.0910. The Hall–Kier alpha value is -6.90. The van der Waals surface area contributed by atoms with Gasteiger partial charge >= 0.3 is 0 Å². The van der Waals surface area contributed by atoms with Crippen molar-refractivity contribution < 1.29 is 4.42 Å². The first-order chi connectivity index (χ1) is 27.0. The van der Waals surface area contributed by atoms with Crippen LogP contribution in [0.15, 0.2) is 192 Å². The summed E-state index contributed by atoms with van der Waals surface area (Å²) >= 11 is 0. The number of hydrogen-bond acceptors (Lipinski definition) is 2. The Morgan fingerprint density at radius 2 is 0.982 bits per heavy atom. The van der Waals surface area contributed by atoms with Gasteiger partial charge in [-0.2, -0.15) is 0 Å². The largest absolute Gasteiger partial charge is 0.455 e. The lowest BCUT2D eigenvalue weighted by Crippen LogP contribution is -2.16. The zero-order valence-corrected chi connectivity index (χ0v) is 30.8. The van der Waals surface area contributed by atoms with Gasteiger partial charge in [0.1, 0.15) is 11.2 Å². The van der Waals surface area contributed by atoms with Gasteiger partial charge in [0.25, 0.3) is 0 Å². The van der Waals surface area contributed by atoms with Gasteiger partial charge in [0.2, 0.25) is 0 Å². The van der Waals surface area contributed by atoms with Crippen LogP contribution in [0.3, 0.4) is 0 Å². The number of anilines is 3. The predicted molar refractivity (Wildman–Crippen MR) is 232 cm³/mol. The number of furan rings is 1. The summed E-state index contributed by atoms with van der Waals surface area (Å²) in [6, 6.07) is 68.4. The van der Waals surface area contributed by atoms with Crippen molar-refractivity contribution in [1.29, 1.82) is 0 Å². The van der Waals surface area contributed by atoms with Crippen molar-refractivity contribution in [3.8, 4) is 33.4 Å². The van der Waals surface area contributed by atoms with Crippen LogP contribution < -0.4 is 4.90 Å². The normalized spacial score (nSPS) is 13.1. The lowest BCUT2D eigenvalue weighted by molar-refractivity contribution is 0.660. The van der Waals surface area contributed by atoms with Gasteiger partial charge in [0.05, 0.1) is 0 Å². The average Bonchev–Trinajstić information content (AvgIpc) is 3.73. The Kier molecular flexibility index (Phi) is 6.93. The van der Waals surface area contributed by atoms with Crippen molar-refractivity contribution in [2.24, 2.45) is 0 Å². The second-order valence-electron chi connectivity index (χ2n) is 15.3. The van der Waals surface area contributed by atoms with E-state index >= 15 is 0 Å². The first-order valence-electron chi connectivity index (χ1n) is 19.1. The molecule has 1 aromatic heterocycles. The molecule has 10 aromatic rings. The summed E-state index contributed by atoms with van der Waals surface area (Å²) in [7, 11) is 0. The van der Waals surface area contributed by atoms with E-state index in [9.17, 15) is 0 Å². The van der Waals surface area contributed by atoms with E-state index in [4.69, 9.17) is 4.42 Å². The molecule has 0 atom stereocenters. The van der Waals surface area contributed by atoms with Crippen molar-refractivity contribution in [3.63, 3.8) is 0 Å². The molecule has 0 fully saturated rings. The van der Waals surface area contributed by atoms with Crippen LogP contribution in [-0.4, -0.2) is 0 Å². The van der Waals surface area contributed by atoms with Gasteiger partial charge in [0, 0.05) is 38.6 Å². The molecule has 0 amide bonds. The first kappa shape index (κ1) is 31.6. The van der Waals surface area contributed by atoms with E-state index in [2.05, 4.69) is 201 Å². The Bertz CT molecular complexity index is 3100. The summed E-state index contributed by atoms with van der Waals surface area (Å²) in [5, 5.41) is 7.07. The molecule has 0 N–H and O–H groups in total. The van der Waals surface area contributed by atoms with E-state index in [-0.39, 0.29) is 5.41 Å². The van der Waals surface area contributed by atoms with Crippen LogP contribution in [-0.2, 0) is 5.41 Å². The maximum absolute atomic E-state index is 6.47. The highest BCUT2D eigenvalue weighted by Gasteiger charge is 2.35. The maximum Gasteiger partial charge on any atom is 0.143 e.